The van der Waals surface area contributed by atoms with E-state index in [2.05, 4.69) is 3.73 Å². The molecule has 0 radical (unpaired) electrons. The molecule has 0 saturated heterocycles. The van der Waals surface area contributed by atoms with Crippen molar-refractivity contribution in [1.29, 1.82) is 0 Å². The quantitative estimate of drug-likeness (QED) is 0.437. The molecule has 0 aliphatic rings. The fourth-order valence-electron chi connectivity index (χ4n) is 0.160. The maximum atomic E-state index is 9.81. The van der Waals surface area contributed by atoms with Crippen molar-refractivity contribution in [2.45, 2.75) is 0 Å². The van der Waals surface area contributed by atoms with Crippen molar-refractivity contribution < 1.29 is 20.8 Å². The molecule has 0 amide bonds. The summed E-state index contributed by atoms with van der Waals surface area (Å²) in [5.74, 6) is 0. The normalized spacial score (nSPS) is 11.9. The van der Waals surface area contributed by atoms with Crippen LogP contribution in [0.2, 0.25) is 0 Å². The van der Waals surface area contributed by atoms with Gasteiger partial charge in [-0.25, -0.2) is 0 Å². The average molecular weight is 186 g/mol. The molecular formula is C2H7AsO5. The Bertz CT molecular complexity index is 94.6. The van der Waals surface area contributed by atoms with Crippen LogP contribution in [0.5, 0.6) is 0 Å². The van der Waals surface area contributed by atoms with Crippen LogP contribution in [-0.2, 0) is 7.47 Å². The SMILES string of the molecule is O=[As](O)(O)OCCO. The van der Waals surface area contributed by atoms with Crippen molar-refractivity contribution in [2.75, 3.05) is 13.2 Å². The third kappa shape index (κ3) is 6.20. The molecule has 5 nitrogen and oxygen atoms in total. The summed E-state index contributed by atoms with van der Waals surface area (Å²) in [7, 11) is 0. The van der Waals surface area contributed by atoms with Crippen molar-refractivity contribution in [3.05, 3.63) is 0 Å². The van der Waals surface area contributed by atoms with Crippen LogP contribution in [-0.4, -0.2) is 41.0 Å². The van der Waals surface area contributed by atoms with Crippen LogP contribution >= 0.6 is 0 Å². The molecule has 0 unspecified atom stereocenters. The van der Waals surface area contributed by atoms with E-state index in [9.17, 15) is 3.74 Å². The van der Waals surface area contributed by atoms with Crippen LogP contribution in [0.25, 0.3) is 0 Å². The Morgan fingerprint density at radius 3 is 2.12 bits per heavy atom. The van der Waals surface area contributed by atoms with Gasteiger partial charge in [-0.1, -0.05) is 0 Å². The first-order valence-electron chi connectivity index (χ1n) is 1.87. The molecule has 0 aromatic heterocycles. The molecule has 0 atom stereocenters. The number of aliphatic hydroxyl groups excluding tert-OH is 1. The van der Waals surface area contributed by atoms with Crippen molar-refractivity contribution >= 4 is 14.5 Å². The monoisotopic (exact) mass is 186 g/mol. The van der Waals surface area contributed by atoms with Gasteiger partial charge >= 0.3 is 48.5 Å². The maximum absolute atomic E-state index is 9.81. The van der Waals surface area contributed by atoms with E-state index in [1.807, 2.05) is 0 Å². The Morgan fingerprint density at radius 1 is 1.50 bits per heavy atom. The summed E-state index contributed by atoms with van der Waals surface area (Å²) in [4.78, 5) is 0. The van der Waals surface area contributed by atoms with Crippen LogP contribution in [0, 0.1) is 0 Å². The Labute approximate surface area is 49.3 Å². The van der Waals surface area contributed by atoms with Crippen molar-refractivity contribution in [3.63, 3.8) is 0 Å². The number of hydrogen-bond acceptors (Lipinski definition) is 3. The molecule has 50 valence electrons. The third-order valence-electron chi connectivity index (χ3n) is 0.351. The molecule has 0 aliphatic carbocycles. The van der Waals surface area contributed by atoms with E-state index < -0.39 is 14.5 Å². The minimum atomic E-state index is -4.88. The molecule has 3 N–H and O–H groups in total. The number of hydrogen-bond donors (Lipinski definition) is 3. The van der Waals surface area contributed by atoms with E-state index in [1.54, 1.807) is 0 Å². The first-order chi connectivity index (χ1) is 3.56. The van der Waals surface area contributed by atoms with Gasteiger partial charge in [-0.05, 0) is 0 Å². The van der Waals surface area contributed by atoms with E-state index in [1.165, 1.54) is 0 Å². The number of aliphatic hydroxyl groups is 1. The van der Waals surface area contributed by atoms with Gasteiger partial charge in [0.05, 0.1) is 0 Å². The van der Waals surface area contributed by atoms with Crippen LogP contribution in [0.1, 0.15) is 0 Å². The number of rotatable bonds is 3. The van der Waals surface area contributed by atoms with Crippen LogP contribution in [0.4, 0.5) is 0 Å². The summed E-state index contributed by atoms with van der Waals surface area (Å²) in [5.41, 5.74) is 0. The van der Waals surface area contributed by atoms with E-state index in [0.29, 0.717) is 0 Å². The van der Waals surface area contributed by atoms with Gasteiger partial charge in [-0.3, -0.25) is 0 Å². The molecule has 0 fully saturated rings. The van der Waals surface area contributed by atoms with Gasteiger partial charge in [0.2, 0.25) is 0 Å². The molecule has 0 aromatic rings. The molecule has 0 aromatic carbocycles. The Morgan fingerprint density at radius 2 is 2.00 bits per heavy atom. The zero-order valence-electron chi connectivity index (χ0n) is 4.02. The first-order valence-corrected chi connectivity index (χ1v) is 5.08. The molecule has 0 bridgehead atoms. The molecule has 0 heterocycles. The first kappa shape index (κ1) is 8.20. The molecule has 6 heteroatoms. The minimum absolute atomic E-state index is 0.302. The second-order valence-corrected chi connectivity index (χ2v) is 3.65. The van der Waals surface area contributed by atoms with E-state index in [0.717, 1.165) is 0 Å². The van der Waals surface area contributed by atoms with Gasteiger partial charge in [0.25, 0.3) is 0 Å². The Balaban J connectivity index is 3.26. The van der Waals surface area contributed by atoms with Gasteiger partial charge in [0, 0.05) is 0 Å². The summed E-state index contributed by atoms with van der Waals surface area (Å²) in [6.45, 7) is -0.671. The van der Waals surface area contributed by atoms with Gasteiger partial charge in [-0.2, -0.15) is 0 Å². The van der Waals surface area contributed by atoms with E-state index >= 15 is 0 Å². The Kier molecular flexibility index (Phi) is 3.35. The summed E-state index contributed by atoms with van der Waals surface area (Å²) in [6, 6.07) is 0. The predicted octanol–water partition coefficient (Wildman–Crippen LogP) is -2.15. The van der Waals surface area contributed by atoms with Crippen LogP contribution < -0.4 is 0 Å². The van der Waals surface area contributed by atoms with Gasteiger partial charge in [0.1, 0.15) is 0 Å². The molecule has 8 heavy (non-hydrogen) atoms. The molecule has 0 saturated carbocycles. The third-order valence-corrected chi connectivity index (χ3v) is 1.44. The van der Waals surface area contributed by atoms with Crippen molar-refractivity contribution in [3.8, 4) is 0 Å². The topological polar surface area (TPSA) is 87.0 Å². The molecule has 0 rings (SSSR count). The predicted molar refractivity (Wildman–Crippen MR) is 23.9 cm³/mol. The van der Waals surface area contributed by atoms with Crippen molar-refractivity contribution in [2.24, 2.45) is 0 Å². The Hall–Kier alpha value is 0.198. The average Bonchev–Trinajstić information content (AvgIpc) is 1.59. The standard InChI is InChI=1S/C2H7AsO5/c4-1-2-8-3(5,6)7/h4H,1-2H2,(H2,5,6,7). The molecule has 0 aliphatic heterocycles. The van der Waals surface area contributed by atoms with Crippen molar-refractivity contribution in [1.82, 2.24) is 0 Å². The molecular weight excluding hydrogens is 179 g/mol. The zero-order valence-corrected chi connectivity index (χ0v) is 5.90. The summed E-state index contributed by atoms with van der Waals surface area (Å²) in [5, 5.41) is 7.97. The summed E-state index contributed by atoms with van der Waals surface area (Å²) >= 11 is -4.88. The summed E-state index contributed by atoms with van der Waals surface area (Å²) < 4.78 is 29.6. The fraction of sp³-hybridized carbons (Fsp3) is 1.00. The second-order valence-electron chi connectivity index (χ2n) is 1.05. The van der Waals surface area contributed by atoms with Crippen LogP contribution in [0.15, 0.2) is 0 Å². The van der Waals surface area contributed by atoms with Crippen LogP contribution in [0.3, 0.4) is 0 Å². The fourth-order valence-corrected chi connectivity index (χ4v) is 0.830. The van der Waals surface area contributed by atoms with Gasteiger partial charge < -0.3 is 0 Å². The second kappa shape index (κ2) is 3.27. The van der Waals surface area contributed by atoms with E-state index in [4.69, 9.17) is 13.3 Å². The van der Waals surface area contributed by atoms with E-state index in [-0.39, 0.29) is 13.2 Å². The van der Waals surface area contributed by atoms with Gasteiger partial charge in [0.15, 0.2) is 0 Å². The van der Waals surface area contributed by atoms with Gasteiger partial charge in [-0.15, -0.1) is 0 Å². The summed E-state index contributed by atoms with van der Waals surface area (Å²) in [6.07, 6.45) is 0. The molecule has 0 spiro atoms. The zero-order chi connectivity index (χ0) is 6.62.